The lowest BCUT2D eigenvalue weighted by atomic mass is 10.2. The quantitative estimate of drug-likeness (QED) is 0.536. The average molecular weight is 432 g/mol. The molecule has 1 aromatic heterocycles. The lowest BCUT2D eigenvalue weighted by molar-refractivity contribution is 0.603. The van der Waals surface area contributed by atoms with Gasteiger partial charge in [-0.15, -0.1) is 0 Å². The van der Waals surface area contributed by atoms with Crippen molar-refractivity contribution >= 4 is 39.1 Å². The van der Waals surface area contributed by atoms with Crippen molar-refractivity contribution in [2.24, 2.45) is 0 Å². The molecule has 0 aliphatic heterocycles. The van der Waals surface area contributed by atoms with Crippen LogP contribution in [0.2, 0.25) is 10.0 Å². The Bertz CT molecular complexity index is 1220. The van der Waals surface area contributed by atoms with Crippen LogP contribution in [0.4, 0.5) is 0 Å². The summed E-state index contributed by atoms with van der Waals surface area (Å²) in [5.74, 6) is 0. The number of hydrogen-bond donors (Lipinski definition) is 0. The highest BCUT2D eigenvalue weighted by molar-refractivity contribution is 7.95. The Morgan fingerprint density at radius 2 is 1.82 bits per heavy atom. The highest BCUT2D eigenvalue weighted by atomic mass is 35.5. The van der Waals surface area contributed by atoms with Crippen molar-refractivity contribution < 1.29 is 8.42 Å². The van der Waals surface area contributed by atoms with Crippen LogP contribution in [0.3, 0.4) is 0 Å². The van der Waals surface area contributed by atoms with Crippen LogP contribution in [0.15, 0.2) is 58.3 Å². The third kappa shape index (κ3) is 3.69. The number of aryl methyl sites for hydroxylation is 1. The molecule has 3 aromatic rings. The zero-order chi connectivity index (χ0) is 20.5. The summed E-state index contributed by atoms with van der Waals surface area (Å²) in [6.07, 6.45) is 1.32. The highest BCUT2D eigenvalue weighted by Crippen LogP contribution is 2.31. The van der Waals surface area contributed by atoms with Crippen LogP contribution >= 0.6 is 23.2 Å². The molecular formula is C20H15Cl2N3O2S. The Labute approximate surface area is 173 Å². The number of nitriles is 1. The van der Waals surface area contributed by atoms with Crippen LogP contribution in [0.25, 0.3) is 11.8 Å². The number of rotatable bonds is 4. The lowest BCUT2D eigenvalue weighted by Crippen LogP contribution is -2.05. The maximum atomic E-state index is 13.0. The van der Waals surface area contributed by atoms with E-state index in [1.54, 1.807) is 17.7 Å². The monoisotopic (exact) mass is 431 g/mol. The normalized spacial score (nSPS) is 12.0. The van der Waals surface area contributed by atoms with Gasteiger partial charge in [0.2, 0.25) is 9.84 Å². The van der Waals surface area contributed by atoms with E-state index in [0.29, 0.717) is 17.0 Å². The molecule has 28 heavy (non-hydrogen) atoms. The number of allylic oxidation sites excluding steroid dienone is 1. The maximum Gasteiger partial charge on any atom is 0.218 e. The Morgan fingerprint density at radius 3 is 2.46 bits per heavy atom. The summed E-state index contributed by atoms with van der Waals surface area (Å²) in [5, 5.41) is 14.2. The van der Waals surface area contributed by atoms with E-state index in [-0.39, 0.29) is 14.9 Å². The molecule has 0 saturated carbocycles. The number of aromatic nitrogens is 2. The Hall–Kier alpha value is -2.59. The Kier molecular flexibility index (Phi) is 5.61. The summed E-state index contributed by atoms with van der Waals surface area (Å²) in [6.45, 7) is 3.57. The van der Waals surface area contributed by atoms with Gasteiger partial charge in [-0.05, 0) is 50.3 Å². The van der Waals surface area contributed by atoms with Crippen LogP contribution in [-0.4, -0.2) is 18.2 Å². The van der Waals surface area contributed by atoms with Gasteiger partial charge in [0, 0.05) is 16.3 Å². The van der Waals surface area contributed by atoms with Crippen molar-refractivity contribution in [3.05, 3.63) is 80.4 Å². The minimum atomic E-state index is -4.14. The van der Waals surface area contributed by atoms with E-state index in [9.17, 15) is 13.7 Å². The van der Waals surface area contributed by atoms with Crippen LogP contribution < -0.4 is 0 Å². The molecule has 142 valence electrons. The fourth-order valence-corrected chi connectivity index (χ4v) is 4.68. The van der Waals surface area contributed by atoms with Crippen molar-refractivity contribution in [3.8, 4) is 11.8 Å². The second-order valence-corrected chi connectivity index (χ2v) is 8.76. The molecule has 0 aliphatic carbocycles. The highest BCUT2D eigenvalue weighted by Gasteiger charge is 2.25. The van der Waals surface area contributed by atoms with Gasteiger partial charge in [-0.2, -0.15) is 10.4 Å². The van der Waals surface area contributed by atoms with Crippen LogP contribution in [0.1, 0.15) is 17.0 Å². The second kappa shape index (κ2) is 7.80. The maximum absolute atomic E-state index is 13.0. The molecule has 0 aliphatic rings. The molecule has 8 heteroatoms. The molecule has 0 radical (unpaired) electrons. The van der Waals surface area contributed by atoms with Gasteiger partial charge in [-0.3, -0.25) is 0 Å². The summed E-state index contributed by atoms with van der Waals surface area (Å²) < 4.78 is 27.7. The Morgan fingerprint density at radius 1 is 1.14 bits per heavy atom. The van der Waals surface area contributed by atoms with Gasteiger partial charge in [-0.1, -0.05) is 41.4 Å². The topological polar surface area (TPSA) is 75.8 Å². The first kappa shape index (κ1) is 20.2. The smallest absolute Gasteiger partial charge is 0.218 e. The van der Waals surface area contributed by atoms with E-state index in [1.807, 2.05) is 37.3 Å². The summed E-state index contributed by atoms with van der Waals surface area (Å²) in [5.41, 5.74) is 2.70. The molecule has 0 amide bonds. The largest absolute Gasteiger partial charge is 0.237 e. The molecule has 3 rings (SSSR count). The van der Waals surface area contributed by atoms with Gasteiger partial charge in [0.25, 0.3) is 0 Å². The average Bonchev–Trinajstić information content (AvgIpc) is 2.96. The third-order valence-electron chi connectivity index (χ3n) is 4.21. The van der Waals surface area contributed by atoms with Crippen molar-refractivity contribution in [1.82, 2.24) is 9.78 Å². The third-order valence-corrected chi connectivity index (χ3v) is 6.59. The van der Waals surface area contributed by atoms with Crippen molar-refractivity contribution in [3.63, 3.8) is 0 Å². The molecular weight excluding hydrogens is 417 g/mol. The SMILES string of the molecule is Cc1nn(-c2ccccc2)c(C)c1C=C(C#N)S(=O)(=O)c1cc(Cl)ccc1Cl. The van der Waals surface area contributed by atoms with Crippen molar-refractivity contribution in [1.29, 1.82) is 5.26 Å². The predicted octanol–water partition coefficient (Wildman–Crippen LogP) is 5.13. The van der Waals surface area contributed by atoms with Gasteiger partial charge in [0.05, 0.1) is 21.3 Å². The summed E-state index contributed by atoms with van der Waals surface area (Å²) in [4.78, 5) is -0.643. The fraction of sp³-hybridized carbons (Fsp3) is 0.100. The van der Waals surface area contributed by atoms with Crippen LogP contribution in [0, 0.1) is 25.2 Å². The first-order valence-corrected chi connectivity index (χ1v) is 10.4. The summed E-state index contributed by atoms with van der Waals surface area (Å²) >= 11 is 12.0. The van der Waals surface area contributed by atoms with Gasteiger partial charge < -0.3 is 0 Å². The number of para-hydroxylation sites is 1. The number of hydrogen-bond acceptors (Lipinski definition) is 4. The van der Waals surface area contributed by atoms with E-state index < -0.39 is 14.7 Å². The van der Waals surface area contributed by atoms with E-state index >= 15 is 0 Å². The van der Waals surface area contributed by atoms with Crippen molar-refractivity contribution in [2.75, 3.05) is 0 Å². The number of sulfone groups is 1. The Balaban J connectivity index is 2.16. The first-order chi connectivity index (χ1) is 13.3. The van der Waals surface area contributed by atoms with E-state index in [1.165, 1.54) is 24.3 Å². The summed E-state index contributed by atoms with van der Waals surface area (Å²) in [6, 6.07) is 15.3. The van der Waals surface area contributed by atoms with Gasteiger partial charge >= 0.3 is 0 Å². The molecule has 0 saturated heterocycles. The zero-order valence-corrected chi connectivity index (χ0v) is 17.3. The molecule has 0 N–H and O–H groups in total. The number of nitrogens with zero attached hydrogens (tertiary/aromatic N) is 3. The molecule has 0 atom stereocenters. The van der Waals surface area contributed by atoms with Crippen LogP contribution in [-0.2, 0) is 9.84 Å². The van der Waals surface area contributed by atoms with Gasteiger partial charge in [0.15, 0.2) is 0 Å². The molecule has 5 nitrogen and oxygen atoms in total. The van der Waals surface area contributed by atoms with Gasteiger partial charge in [0.1, 0.15) is 11.0 Å². The predicted molar refractivity (Wildman–Crippen MR) is 110 cm³/mol. The minimum Gasteiger partial charge on any atom is -0.237 e. The van der Waals surface area contributed by atoms with Gasteiger partial charge in [-0.25, -0.2) is 13.1 Å². The zero-order valence-electron chi connectivity index (χ0n) is 15.0. The molecule has 0 unspecified atom stereocenters. The van der Waals surface area contributed by atoms with Crippen LogP contribution in [0.5, 0.6) is 0 Å². The fourth-order valence-electron chi connectivity index (χ4n) is 2.79. The number of halogens is 2. The second-order valence-electron chi connectivity index (χ2n) is 6.03. The molecule has 1 heterocycles. The molecule has 0 spiro atoms. The standard InChI is InChI=1S/C20H15Cl2N3O2S/c1-13-18(14(2)25(24-13)16-6-4-3-5-7-16)11-17(12-23)28(26,27)20-10-15(21)8-9-19(20)22/h3-11H,1-2H3. The summed E-state index contributed by atoms with van der Waals surface area (Å²) in [7, 11) is -4.14. The van der Waals surface area contributed by atoms with E-state index in [4.69, 9.17) is 23.2 Å². The molecule has 0 fully saturated rings. The van der Waals surface area contributed by atoms with E-state index in [0.717, 1.165) is 5.69 Å². The van der Waals surface area contributed by atoms with E-state index in [2.05, 4.69) is 5.10 Å². The molecule has 0 bridgehead atoms. The lowest BCUT2D eigenvalue weighted by Gasteiger charge is -2.07. The molecule has 2 aromatic carbocycles. The first-order valence-electron chi connectivity index (χ1n) is 8.19. The number of benzene rings is 2. The van der Waals surface area contributed by atoms with Crippen molar-refractivity contribution in [2.45, 2.75) is 18.7 Å². The minimum absolute atomic E-state index is 0.000949.